The summed E-state index contributed by atoms with van der Waals surface area (Å²) < 4.78 is 2.03. The van der Waals surface area contributed by atoms with E-state index in [1.807, 2.05) is 10.9 Å². The smallest absolute Gasteiger partial charge is 0.147 e. The second-order valence-electron chi connectivity index (χ2n) is 4.74. The van der Waals surface area contributed by atoms with Crippen LogP contribution in [0.25, 0.3) is 0 Å². The molecule has 17 heavy (non-hydrogen) atoms. The van der Waals surface area contributed by atoms with Crippen molar-refractivity contribution in [2.45, 2.75) is 51.6 Å². The first-order chi connectivity index (χ1) is 8.36. The van der Waals surface area contributed by atoms with Crippen molar-refractivity contribution in [2.24, 2.45) is 5.73 Å². The first-order valence-electron chi connectivity index (χ1n) is 6.72. The van der Waals surface area contributed by atoms with Crippen LogP contribution >= 0.6 is 0 Å². The summed E-state index contributed by atoms with van der Waals surface area (Å²) in [5, 5.41) is 8.21. The molecule has 2 rings (SSSR count). The Bertz CT molecular complexity index is 335. The predicted molar refractivity (Wildman–Crippen MR) is 69.0 cm³/mol. The molecule has 1 aromatic heterocycles. The molecule has 0 bridgehead atoms. The van der Waals surface area contributed by atoms with E-state index in [0.29, 0.717) is 6.04 Å². The summed E-state index contributed by atoms with van der Waals surface area (Å²) in [5.74, 6) is 1.19. The molecule has 2 N–H and O–H groups in total. The van der Waals surface area contributed by atoms with E-state index >= 15 is 0 Å². The van der Waals surface area contributed by atoms with Gasteiger partial charge in [-0.1, -0.05) is 12.1 Å². The van der Waals surface area contributed by atoms with E-state index < -0.39 is 0 Å². The van der Waals surface area contributed by atoms with Crippen LogP contribution in [0.1, 0.15) is 39.0 Å². The molecule has 0 amide bonds. The molecular weight excluding hydrogens is 214 g/mol. The van der Waals surface area contributed by atoms with E-state index in [1.54, 1.807) is 0 Å². The Hall–Kier alpha value is -1.10. The third-order valence-electron chi connectivity index (χ3n) is 3.45. The SMILES string of the molecule is CCCn1nncc1N1CCCC1CCCN. The van der Waals surface area contributed by atoms with Crippen LogP contribution in [0, 0.1) is 0 Å². The highest BCUT2D eigenvalue weighted by Gasteiger charge is 2.26. The maximum atomic E-state index is 5.60. The highest BCUT2D eigenvalue weighted by Crippen LogP contribution is 2.27. The second kappa shape index (κ2) is 6.00. The number of anilines is 1. The zero-order valence-corrected chi connectivity index (χ0v) is 10.7. The molecule has 0 saturated carbocycles. The van der Waals surface area contributed by atoms with Gasteiger partial charge < -0.3 is 10.6 Å². The molecular formula is C12H23N5. The van der Waals surface area contributed by atoms with Gasteiger partial charge in [-0.3, -0.25) is 0 Å². The van der Waals surface area contributed by atoms with Gasteiger partial charge in [0.25, 0.3) is 0 Å². The quantitative estimate of drug-likeness (QED) is 0.812. The first kappa shape index (κ1) is 12.4. The number of nitrogens with two attached hydrogens (primary N) is 1. The van der Waals surface area contributed by atoms with Crippen molar-refractivity contribution < 1.29 is 0 Å². The zero-order valence-electron chi connectivity index (χ0n) is 10.7. The molecule has 1 atom stereocenters. The van der Waals surface area contributed by atoms with Crippen LogP contribution in [0.3, 0.4) is 0 Å². The third kappa shape index (κ3) is 2.77. The van der Waals surface area contributed by atoms with Crippen molar-refractivity contribution >= 4 is 5.82 Å². The van der Waals surface area contributed by atoms with Gasteiger partial charge in [0.1, 0.15) is 5.82 Å². The summed E-state index contributed by atoms with van der Waals surface area (Å²) in [7, 11) is 0. The molecule has 1 unspecified atom stereocenters. The third-order valence-corrected chi connectivity index (χ3v) is 3.45. The maximum absolute atomic E-state index is 5.60. The highest BCUT2D eigenvalue weighted by molar-refractivity contribution is 5.39. The van der Waals surface area contributed by atoms with Crippen molar-refractivity contribution in [1.29, 1.82) is 0 Å². The lowest BCUT2D eigenvalue weighted by Gasteiger charge is -2.26. The van der Waals surface area contributed by atoms with Crippen LogP contribution in [0.15, 0.2) is 6.20 Å². The summed E-state index contributed by atoms with van der Waals surface area (Å²) in [6.45, 7) is 5.04. The maximum Gasteiger partial charge on any atom is 0.147 e. The fourth-order valence-electron chi connectivity index (χ4n) is 2.64. The van der Waals surface area contributed by atoms with Gasteiger partial charge in [0.2, 0.25) is 0 Å². The van der Waals surface area contributed by atoms with E-state index in [-0.39, 0.29) is 0 Å². The van der Waals surface area contributed by atoms with Gasteiger partial charge in [0.15, 0.2) is 0 Å². The minimum absolute atomic E-state index is 0.632. The van der Waals surface area contributed by atoms with Crippen LogP contribution in [-0.4, -0.2) is 34.1 Å². The fourth-order valence-corrected chi connectivity index (χ4v) is 2.64. The van der Waals surface area contributed by atoms with Gasteiger partial charge in [-0.05, 0) is 38.6 Å². The Balaban J connectivity index is 2.06. The molecule has 5 heteroatoms. The predicted octanol–water partition coefficient (Wildman–Crippen LogP) is 1.40. The van der Waals surface area contributed by atoms with Crippen molar-refractivity contribution in [1.82, 2.24) is 15.0 Å². The number of aromatic nitrogens is 3. The van der Waals surface area contributed by atoms with E-state index in [4.69, 9.17) is 5.73 Å². The molecule has 1 fully saturated rings. The molecule has 0 radical (unpaired) electrons. The van der Waals surface area contributed by atoms with Crippen molar-refractivity contribution in [3.63, 3.8) is 0 Å². The Morgan fingerprint density at radius 2 is 2.41 bits per heavy atom. The van der Waals surface area contributed by atoms with Crippen molar-refractivity contribution in [2.75, 3.05) is 18.0 Å². The van der Waals surface area contributed by atoms with Crippen LogP contribution in [-0.2, 0) is 6.54 Å². The first-order valence-corrected chi connectivity index (χ1v) is 6.72. The van der Waals surface area contributed by atoms with E-state index in [1.165, 1.54) is 25.1 Å². The molecule has 0 aliphatic carbocycles. The number of hydrogen-bond acceptors (Lipinski definition) is 4. The van der Waals surface area contributed by atoms with Crippen LogP contribution < -0.4 is 10.6 Å². The lowest BCUT2D eigenvalue weighted by molar-refractivity contribution is 0.541. The molecule has 0 spiro atoms. The zero-order chi connectivity index (χ0) is 12.1. The van der Waals surface area contributed by atoms with E-state index in [2.05, 4.69) is 22.1 Å². The lowest BCUT2D eigenvalue weighted by atomic mass is 10.1. The average Bonchev–Trinajstić information content (AvgIpc) is 2.94. The monoisotopic (exact) mass is 237 g/mol. The summed E-state index contributed by atoms with van der Waals surface area (Å²) in [4.78, 5) is 2.46. The highest BCUT2D eigenvalue weighted by atomic mass is 15.5. The van der Waals surface area contributed by atoms with E-state index in [9.17, 15) is 0 Å². The van der Waals surface area contributed by atoms with Gasteiger partial charge in [0, 0.05) is 19.1 Å². The Morgan fingerprint density at radius 3 is 3.18 bits per heavy atom. The summed E-state index contributed by atoms with van der Waals surface area (Å²) >= 11 is 0. The van der Waals surface area contributed by atoms with Crippen LogP contribution in [0.2, 0.25) is 0 Å². The number of nitrogens with zero attached hydrogens (tertiary/aromatic N) is 4. The summed E-state index contributed by atoms with van der Waals surface area (Å²) in [6, 6.07) is 0.632. The van der Waals surface area contributed by atoms with Gasteiger partial charge in [-0.25, -0.2) is 4.68 Å². The normalized spacial score (nSPS) is 20.1. The van der Waals surface area contributed by atoms with Crippen molar-refractivity contribution in [3.05, 3.63) is 6.20 Å². The topological polar surface area (TPSA) is 60.0 Å². The summed E-state index contributed by atoms with van der Waals surface area (Å²) in [5.41, 5.74) is 5.60. The number of hydrogen-bond donors (Lipinski definition) is 1. The average molecular weight is 237 g/mol. The molecule has 1 aromatic rings. The molecule has 1 aliphatic rings. The van der Waals surface area contributed by atoms with Crippen LogP contribution in [0.5, 0.6) is 0 Å². The molecule has 1 aliphatic heterocycles. The largest absolute Gasteiger partial charge is 0.353 e. The number of aryl methyl sites for hydroxylation is 1. The lowest BCUT2D eigenvalue weighted by Crippen LogP contribution is -2.31. The van der Waals surface area contributed by atoms with Crippen molar-refractivity contribution in [3.8, 4) is 0 Å². The van der Waals surface area contributed by atoms with Gasteiger partial charge in [-0.2, -0.15) is 0 Å². The fraction of sp³-hybridized carbons (Fsp3) is 0.833. The molecule has 5 nitrogen and oxygen atoms in total. The molecule has 1 saturated heterocycles. The van der Waals surface area contributed by atoms with Crippen LogP contribution in [0.4, 0.5) is 5.82 Å². The second-order valence-corrected chi connectivity index (χ2v) is 4.74. The Labute approximate surface area is 103 Å². The molecule has 96 valence electrons. The summed E-state index contributed by atoms with van der Waals surface area (Å²) in [6.07, 6.45) is 7.84. The Kier molecular flexibility index (Phi) is 4.36. The van der Waals surface area contributed by atoms with Gasteiger partial charge in [-0.15, -0.1) is 5.10 Å². The van der Waals surface area contributed by atoms with E-state index in [0.717, 1.165) is 32.5 Å². The minimum Gasteiger partial charge on any atom is -0.353 e. The standard InChI is InChI=1S/C12H23N5/c1-2-8-17-12(10-14-15-17)16-9-4-6-11(16)5-3-7-13/h10-11H,2-9,13H2,1H3. The number of rotatable bonds is 6. The minimum atomic E-state index is 0.632. The molecule has 0 aromatic carbocycles. The van der Waals surface area contributed by atoms with Gasteiger partial charge >= 0.3 is 0 Å². The van der Waals surface area contributed by atoms with Gasteiger partial charge in [0.05, 0.1) is 6.20 Å². The Morgan fingerprint density at radius 1 is 1.53 bits per heavy atom. The molecule has 2 heterocycles.